The normalized spacial score (nSPS) is 22.2. The molecule has 30 heavy (non-hydrogen) atoms. The van der Waals surface area contributed by atoms with Gasteiger partial charge in [-0.2, -0.15) is 0 Å². The van der Waals surface area contributed by atoms with Crippen LogP contribution in [0, 0.1) is 0 Å². The molecular weight excluding hydrogens is 460 g/mol. The maximum atomic E-state index is 13.2. The van der Waals surface area contributed by atoms with Crippen molar-refractivity contribution in [1.29, 1.82) is 0 Å². The van der Waals surface area contributed by atoms with E-state index in [1.54, 1.807) is 0 Å². The van der Waals surface area contributed by atoms with E-state index in [2.05, 4.69) is 15.9 Å². The number of carbonyl (C=O) groups excluding carboxylic acids is 3. The molecule has 4 N–H and O–H groups in total. The molecule has 0 radical (unpaired) electrons. The van der Waals surface area contributed by atoms with Crippen molar-refractivity contribution in [3.05, 3.63) is 51.6 Å². The highest BCUT2D eigenvalue weighted by Gasteiger charge is 2.48. The number of Topliss-reactive ketones (excluding diaryl/α,β-unsaturated/α-hetero) is 1. The lowest BCUT2D eigenvalue weighted by Gasteiger charge is -2.36. The molecule has 0 aliphatic heterocycles. The molecule has 2 aliphatic rings. The van der Waals surface area contributed by atoms with Crippen molar-refractivity contribution in [3.8, 4) is 17.2 Å². The van der Waals surface area contributed by atoms with Gasteiger partial charge in [0.15, 0.2) is 11.6 Å². The molecular formula is C21H17BrO8. The minimum Gasteiger partial charge on any atom is -0.507 e. The molecule has 0 saturated heterocycles. The number of methoxy groups -OCH3 is 1. The highest BCUT2D eigenvalue weighted by atomic mass is 79.9. The largest absolute Gasteiger partial charge is 0.507 e. The van der Waals surface area contributed by atoms with Gasteiger partial charge in [-0.05, 0) is 6.07 Å². The van der Waals surface area contributed by atoms with Crippen LogP contribution in [0.5, 0.6) is 17.2 Å². The molecule has 156 valence electrons. The first-order valence-corrected chi connectivity index (χ1v) is 10.1. The molecule has 1 unspecified atom stereocenters. The van der Waals surface area contributed by atoms with Crippen molar-refractivity contribution in [3.63, 3.8) is 0 Å². The Morgan fingerprint density at radius 1 is 1.17 bits per heavy atom. The van der Waals surface area contributed by atoms with Crippen molar-refractivity contribution >= 4 is 33.3 Å². The van der Waals surface area contributed by atoms with Crippen LogP contribution in [-0.2, 0) is 11.2 Å². The summed E-state index contributed by atoms with van der Waals surface area (Å²) in [7, 11) is 1.33. The van der Waals surface area contributed by atoms with E-state index in [0.717, 1.165) is 0 Å². The van der Waals surface area contributed by atoms with E-state index >= 15 is 0 Å². The number of ketones is 3. The first kappa shape index (κ1) is 20.5. The second kappa shape index (κ2) is 6.90. The summed E-state index contributed by atoms with van der Waals surface area (Å²) in [5.74, 6) is -3.26. The average Bonchev–Trinajstić information content (AvgIpc) is 2.72. The van der Waals surface area contributed by atoms with Gasteiger partial charge in [-0.15, -0.1) is 0 Å². The Hall–Kier alpha value is -2.75. The van der Waals surface area contributed by atoms with Gasteiger partial charge in [0.25, 0.3) is 0 Å². The van der Waals surface area contributed by atoms with Crippen LogP contribution in [0.4, 0.5) is 0 Å². The van der Waals surface area contributed by atoms with Crippen molar-refractivity contribution in [2.24, 2.45) is 0 Å². The summed E-state index contributed by atoms with van der Waals surface area (Å²) < 4.78 is 5.17. The van der Waals surface area contributed by atoms with E-state index < -0.39 is 64.5 Å². The Morgan fingerprint density at radius 3 is 2.47 bits per heavy atom. The zero-order chi connectivity index (χ0) is 22.0. The summed E-state index contributed by atoms with van der Waals surface area (Å²) in [5.41, 5.74) is -3.26. The Labute approximate surface area is 178 Å². The fourth-order valence-electron chi connectivity index (χ4n) is 4.28. The van der Waals surface area contributed by atoms with Gasteiger partial charge in [0.1, 0.15) is 22.8 Å². The maximum absolute atomic E-state index is 13.2. The number of aliphatic hydroxyl groups is 2. The zero-order valence-corrected chi connectivity index (χ0v) is 17.3. The molecule has 0 amide bonds. The van der Waals surface area contributed by atoms with Gasteiger partial charge in [0.2, 0.25) is 5.78 Å². The Kier molecular flexibility index (Phi) is 4.72. The number of hydrogen-bond acceptors (Lipinski definition) is 8. The third kappa shape index (κ3) is 2.62. The van der Waals surface area contributed by atoms with E-state index in [1.807, 2.05) is 0 Å². The van der Waals surface area contributed by atoms with Gasteiger partial charge in [0, 0.05) is 29.5 Å². The standard InChI is InChI=1S/C21H17BrO8/c1-30-11-4-2-3-8-14(11)20(28)16-15(17(8)25)18(26)9-5-21(29,12(24)7-22)6-10(23)13(9)19(16)27/h2-4,10,23,26-27,29H,5-7H2,1H3/t10?,21-/m0/s1. The first-order valence-electron chi connectivity index (χ1n) is 9.03. The number of carbonyl (C=O) groups is 3. The number of alkyl halides is 1. The monoisotopic (exact) mass is 476 g/mol. The molecule has 8 nitrogen and oxygen atoms in total. The molecule has 2 atom stereocenters. The van der Waals surface area contributed by atoms with Crippen LogP contribution in [0.15, 0.2) is 18.2 Å². The first-order chi connectivity index (χ1) is 14.2. The molecule has 0 saturated carbocycles. The Balaban J connectivity index is 2.01. The predicted octanol–water partition coefficient (Wildman–Crippen LogP) is 1.56. The van der Waals surface area contributed by atoms with Crippen LogP contribution in [0.1, 0.15) is 55.5 Å². The number of fused-ring (bicyclic) bond motifs is 3. The molecule has 4 rings (SSSR count). The van der Waals surface area contributed by atoms with E-state index in [-0.39, 0.29) is 33.3 Å². The summed E-state index contributed by atoms with van der Waals surface area (Å²) in [4.78, 5) is 38.5. The molecule has 0 heterocycles. The maximum Gasteiger partial charge on any atom is 0.202 e. The topological polar surface area (TPSA) is 141 Å². The molecule has 0 aromatic heterocycles. The molecule has 2 aromatic carbocycles. The quantitative estimate of drug-likeness (QED) is 0.329. The lowest BCUT2D eigenvalue weighted by molar-refractivity contribution is -0.139. The predicted molar refractivity (Wildman–Crippen MR) is 107 cm³/mol. The highest BCUT2D eigenvalue weighted by Crippen LogP contribution is 2.51. The van der Waals surface area contributed by atoms with Crippen molar-refractivity contribution in [2.75, 3.05) is 12.4 Å². The second-order valence-corrected chi connectivity index (χ2v) is 7.93. The van der Waals surface area contributed by atoms with Gasteiger partial charge in [0.05, 0.1) is 35.2 Å². The number of benzene rings is 2. The summed E-state index contributed by atoms with van der Waals surface area (Å²) in [5, 5.41) is 42.9. The minimum atomic E-state index is -2.00. The van der Waals surface area contributed by atoms with Crippen LogP contribution < -0.4 is 4.74 Å². The molecule has 2 aliphatic carbocycles. The molecule has 0 spiro atoms. The van der Waals surface area contributed by atoms with Gasteiger partial charge in [-0.25, -0.2) is 0 Å². The number of ether oxygens (including phenoxy) is 1. The Morgan fingerprint density at radius 2 is 1.83 bits per heavy atom. The fourth-order valence-corrected chi connectivity index (χ4v) is 4.80. The van der Waals surface area contributed by atoms with Gasteiger partial charge in [-0.3, -0.25) is 14.4 Å². The molecule has 2 aromatic rings. The summed E-state index contributed by atoms with van der Waals surface area (Å²) in [6.45, 7) is 0. The average molecular weight is 477 g/mol. The zero-order valence-electron chi connectivity index (χ0n) is 15.7. The van der Waals surface area contributed by atoms with Gasteiger partial charge >= 0.3 is 0 Å². The number of aromatic hydroxyl groups is 2. The smallest absolute Gasteiger partial charge is 0.202 e. The van der Waals surface area contributed by atoms with Crippen LogP contribution in [0.25, 0.3) is 0 Å². The second-order valence-electron chi connectivity index (χ2n) is 7.37. The van der Waals surface area contributed by atoms with E-state index in [4.69, 9.17) is 4.74 Å². The molecule has 0 fully saturated rings. The minimum absolute atomic E-state index is 0.00958. The fraction of sp³-hybridized carbons (Fsp3) is 0.286. The summed E-state index contributed by atoms with van der Waals surface area (Å²) in [6.07, 6.45) is -2.40. The molecule has 9 heteroatoms. The third-order valence-electron chi connectivity index (χ3n) is 5.74. The number of phenols is 2. The highest BCUT2D eigenvalue weighted by molar-refractivity contribution is 9.09. The van der Waals surface area contributed by atoms with Gasteiger partial charge in [-0.1, -0.05) is 28.1 Å². The van der Waals surface area contributed by atoms with E-state index in [1.165, 1.54) is 25.3 Å². The number of hydrogen-bond donors (Lipinski definition) is 4. The van der Waals surface area contributed by atoms with E-state index in [9.17, 15) is 34.8 Å². The van der Waals surface area contributed by atoms with Crippen molar-refractivity contribution < 1.29 is 39.5 Å². The summed E-state index contributed by atoms with van der Waals surface area (Å²) >= 11 is 2.97. The summed E-state index contributed by atoms with van der Waals surface area (Å²) in [6, 6.07) is 4.40. The number of halogens is 1. The number of phenolic OH excluding ortho intramolecular Hbond substituents is 2. The van der Waals surface area contributed by atoms with Crippen LogP contribution in [0.3, 0.4) is 0 Å². The Bertz CT molecular complexity index is 1140. The van der Waals surface area contributed by atoms with Gasteiger partial charge < -0.3 is 25.2 Å². The van der Waals surface area contributed by atoms with Crippen LogP contribution in [0.2, 0.25) is 0 Å². The molecule has 0 bridgehead atoms. The van der Waals surface area contributed by atoms with Crippen molar-refractivity contribution in [1.82, 2.24) is 0 Å². The lowest BCUT2D eigenvalue weighted by atomic mass is 9.72. The van der Waals surface area contributed by atoms with Crippen LogP contribution >= 0.6 is 15.9 Å². The number of rotatable bonds is 3. The lowest BCUT2D eigenvalue weighted by Crippen LogP contribution is -2.46. The van der Waals surface area contributed by atoms with E-state index in [0.29, 0.717) is 0 Å². The SMILES string of the molecule is COc1cccc2c1C(=O)c1c(O)c3c(c(O)c1C2=O)C[C@@](O)(C(=O)CBr)CC3O. The number of aliphatic hydroxyl groups excluding tert-OH is 1. The van der Waals surface area contributed by atoms with Crippen LogP contribution in [-0.4, -0.2) is 55.8 Å². The third-order valence-corrected chi connectivity index (χ3v) is 6.24. The van der Waals surface area contributed by atoms with Crippen molar-refractivity contribution in [2.45, 2.75) is 24.5 Å².